The maximum atomic E-state index is 13.5. The van der Waals surface area contributed by atoms with Crippen LogP contribution in [0.15, 0.2) is 23.0 Å². The van der Waals surface area contributed by atoms with Crippen LogP contribution in [0.2, 0.25) is 0 Å². The average Bonchev–Trinajstić information content (AvgIpc) is 2.97. The molecule has 1 amide bonds. The molecule has 0 radical (unpaired) electrons. The summed E-state index contributed by atoms with van der Waals surface area (Å²) in [5, 5.41) is 15.1. The molecule has 8 nitrogen and oxygen atoms in total. The number of nitrogens with two attached hydrogens (primary N) is 1. The fraction of sp³-hybridized carbons (Fsp3) is 0.0909. The first-order valence-electron chi connectivity index (χ1n) is 5.62. The normalized spacial score (nSPS) is 10.2. The van der Waals surface area contributed by atoms with Gasteiger partial charge < -0.3 is 10.7 Å². The Bertz CT molecular complexity index is 677. The Kier molecular flexibility index (Phi) is 4.40. The molecular weight excluding hydrogens is 301 g/mol. The third-order valence-electron chi connectivity index (χ3n) is 2.60. The van der Waals surface area contributed by atoms with E-state index in [0.717, 1.165) is 6.07 Å². The average molecular weight is 311 g/mol. The molecule has 0 unspecified atom stereocenters. The molecule has 0 fully saturated rings. The zero-order valence-electron chi connectivity index (χ0n) is 10.5. The lowest BCUT2D eigenvalue weighted by atomic mass is 10.1. The molecule has 21 heavy (non-hydrogen) atoms. The van der Waals surface area contributed by atoms with Gasteiger partial charge in [0.2, 0.25) is 0 Å². The Morgan fingerprint density at radius 2 is 2.29 bits per heavy atom. The molecule has 0 bridgehead atoms. The maximum absolute atomic E-state index is 13.5. The quantitative estimate of drug-likeness (QED) is 0.436. The number of hydrazine groups is 1. The molecule has 2 rings (SSSR count). The molecule has 1 aromatic heterocycles. The molecule has 1 aromatic carbocycles. The number of hydrogen-bond acceptors (Lipinski definition) is 7. The summed E-state index contributed by atoms with van der Waals surface area (Å²) in [6.45, 7) is 0.113. The van der Waals surface area contributed by atoms with E-state index in [2.05, 4.69) is 10.3 Å². The number of nitro groups is 1. The van der Waals surface area contributed by atoms with Crippen molar-refractivity contribution < 1.29 is 14.1 Å². The topological polar surface area (TPSA) is 123 Å². The highest BCUT2D eigenvalue weighted by Gasteiger charge is 2.23. The van der Waals surface area contributed by atoms with Gasteiger partial charge in [0.25, 0.3) is 11.6 Å². The third-order valence-corrected chi connectivity index (χ3v) is 3.23. The second kappa shape index (κ2) is 6.24. The molecule has 0 aliphatic heterocycles. The number of hydrogen-bond donors (Lipinski definition) is 3. The van der Waals surface area contributed by atoms with Crippen LogP contribution in [0, 0.1) is 15.9 Å². The first-order chi connectivity index (χ1) is 10.0. The number of nitro benzene ring substituents is 1. The molecule has 0 spiro atoms. The largest absolute Gasteiger partial charge is 0.346 e. The van der Waals surface area contributed by atoms with E-state index in [1.165, 1.54) is 11.3 Å². The molecule has 0 saturated carbocycles. The predicted molar refractivity (Wildman–Crippen MR) is 74.1 cm³/mol. The summed E-state index contributed by atoms with van der Waals surface area (Å²) in [5.74, 6) is 3.46. The van der Waals surface area contributed by atoms with Crippen LogP contribution in [-0.2, 0) is 6.54 Å². The van der Waals surface area contributed by atoms with Crippen LogP contribution in [0.1, 0.15) is 16.1 Å². The molecule has 0 saturated heterocycles. The zero-order valence-corrected chi connectivity index (χ0v) is 11.3. The Labute approximate surface area is 121 Å². The van der Waals surface area contributed by atoms with Gasteiger partial charge in [0.1, 0.15) is 5.56 Å². The van der Waals surface area contributed by atoms with Crippen LogP contribution in [0.25, 0.3) is 0 Å². The van der Waals surface area contributed by atoms with Crippen LogP contribution < -0.4 is 16.6 Å². The number of nitrogen functional groups attached to an aromatic ring is 1. The number of carbonyl (C=O) groups is 1. The fourth-order valence-corrected chi connectivity index (χ4v) is 2.16. The molecule has 0 atom stereocenters. The molecule has 0 aliphatic rings. The smallest absolute Gasteiger partial charge is 0.285 e. The minimum absolute atomic E-state index is 0.113. The van der Waals surface area contributed by atoms with Crippen molar-refractivity contribution in [2.24, 2.45) is 5.84 Å². The number of nitrogens with zero attached hydrogens (tertiary/aromatic N) is 2. The van der Waals surface area contributed by atoms with Crippen molar-refractivity contribution in [1.29, 1.82) is 0 Å². The summed E-state index contributed by atoms with van der Waals surface area (Å²) in [7, 11) is 0. The van der Waals surface area contributed by atoms with Crippen LogP contribution >= 0.6 is 11.3 Å². The lowest BCUT2D eigenvalue weighted by Gasteiger charge is -2.08. The Morgan fingerprint density at radius 3 is 2.86 bits per heavy atom. The minimum atomic E-state index is -0.916. The van der Waals surface area contributed by atoms with Gasteiger partial charge >= 0.3 is 0 Å². The lowest BCUT2D eigenvalue weighted by Crippen LogP contribution is -2.24. The van der Waals surface area contributed by atoms with Gasteiger partial charge in [0, 0.05) is 5.38 Å². The second-order valence-corrected chi connectivity index (χ2v) is 4.63. The molecule has 4 N–H and O–H groups in total. The molecular formula is C11H10FN5O3S. The molecule has 110 valence electrons. The molecule has 0 aliphatic carbocycles. The van der Waals surface area contributed by atoms with Crippen molar-refractivity contribution in [2.75, 3.05) is 5.43 Å². The maximum Gasteiger partial charge on any atom is 0.285 e. The number of thiazole rings is 1. The number of rotatable bonds is 5. The number of amides is 1. The van der Waals surface area contributed by atoms with Crippen LogP contribution in [0.5, 0.6) is 0 Å². The van der Waals surface area contributed by atoms with E-state index in [4.69, 9.17) is 5.84 Å². The number of anilines is 1. The van der Waals surface area contributed by atoms with Gasteiger partial charge in [-0.25, -0.2) is 9.37 Å². The van der Waals surface area contributed by atoms with Crippen molar-refractivity contribution in [3.05, 3.63) is 50.2 Å². The van der Waals surface area contributed by atoms with Crippen molar-refractivity contribution >= 4 is 28.6 Å². The van der Waals surface area contributed by atoms with Crippen LogP contribution in [-0.4, -0.2) is 15.8 Å². The van der Waals surface area contributed by atoms with E-state index in [1.807, 2.05) is 5.43 Å². The standard InChI is InChI=1S/C11H10FN5O3S/c12-8-2-10(17(19)20)7(1-9(8)16-13)11(18)14-3-6-4-21-5-15-6/h1-2,4-5,16H,3,13H2,(H,14,18). The number of carbonyl (C=O) groups excluding carboxylic acids is 1. The van der Waals surface area contributed by atoms with Gasteiger partial charge in [-0.1, -0.05) is 0 Å². The number of halogens is 1. The van der Waals surface area contributed by atoms with Gasteiger partial charge in [0.15, 0.2) is 5.82 Å². The van der Waals surface area contributed by atoms with Crippen molar-refractivity contribution in [3.63, 3.8) is 0 Å². The third kappa shape index (κ3) is 3.30. The number of nitrogens with one attached hydrogen (secondary N) is 2. The van der Waals surface area contributed by atoms with Crippen molar-refractivity contribution in [1.82, 2.24) is 10.3 Å². The van der Waals surface area contributed by atoms with Crippen molar-refractivity contribution in [3.8, 4) is 0 Å². The first-order valence-corrected chi connectivity index (χ1v) is 6.57. The van der Waals surface area contributed by atoms with E-state index in [1.54, 1.807) is 10.9 Å². The van der Waals surface area contributed by atoms with Crippen molar-refractivity contribution in [2.45, 2.75) is 6.54 Å². The van der Waals surface area contributed by atoms with E-state index in [9.17, 15) is 19.3 Å². The SMILES string of the molecule is NNc1cc(C(=O)NCc2cscn2)c([N+](=O)[O-])cc1F. The predicted octanol–water partition coefficient (Wildman–Crippen LogP) is 1.41. The molecule has 1 heterocycles. The zero-order chi connectivity index (χ0) is 15.4. The highest BCUT2D eigenvalue weighted by molar-refractivity contribution is 7.07. The van der Waals surface area contributed by atoms with Crippen LogP contribution in [0.3, 0.4) is 0 Å². The van der Waals surface area contributed by atoms with E-state index < -0.39 is 22.3 Å². The highest BCUT2D eigenvalue weighted by Crippen LogP contribution is 2.25. The highest BCUT2D eigenvalue weighted by atomic mass is 32.1. The van der Waals surface area contributed by atoms with Gasteiger partial charge in [-0.15, -0.1) is 11.3 Å². The molecule has 2 aromatic rings. The first kappa shape index (κ1) is 14.8. The fourth-order valence-electron chi connectivity index (χ4n) is 1.60. The van der Waals surface area contributed by atoms with E-state index >= 15 is 0 Å². The van der Waals surface area contributed by atoms with Gasteiger partial charge in [0.05, 0.1) is 34.4 Å². The number of aromatic nitrogens is 1. The van der Waals surface area contributed by atoms with Crippen LogP contribution in [0.4, 0.5) is 15.8 Å². The Morgan fingerprint density at radius 1 is 1.52 bits per heavy atom. The lowest BCUT2D eigenvalue weighted by molar-refractivity contribution is -0.385. The summed E-state index contributed by atoms with van der Waals surface area (Å²) in [5.41, 5.74) is 3.12. The van der Waals surface area contributed by atoms with Gasteiger partial charge in [-0.2, -0.15) is 0 Å². The summed E-state index contributed by atoms with van der Waals surface area (Å²) in [6.07, 6.45) is 0. The Hall–Kier alpha value is -2.59. The number of benzene rings is 1. The Balaban J connectivity index is 2.27. The van der Waals surface area contributed by atoms with Gasteiger partial charge in [-0.05, 0) is 6.07 Å². The van der Waals surface area contributed by atoms with E-state index in [-0.39, 0.29) is 17.8 Å². The monoisotopic (exact) mass is 311 g/mol. The van der Waals surface area contributed by atoms with E-state index in [0.29, 0.717) is 11.8 Å². The van der Waals surface area contributed by atoms with Gasteiger partial charge in [-0.3, -0.25) is 20.8 Å². The second-order valence-electron chi connectivity index (χ2n) is 3.91. The summed E-state index contributed by atoms with van der Waals surface area (Å²) >= 11 is 1.36. The molecule has 10 heteroatoms. The minimum Gasteiger partial charge on any atom is -0.346 e. The summed E-state index contributed by atoms with van der Waals surface area (Å²) in [6, 6.07) is 1.64. The summed E-state index contributed by atoms with van der Waals surface area (Å²) in [4.78, 5) is 26.1. The summed E-state index contributed by atoms with van der Waals surface area (Å²) < 4.78 is 13.5.